The summed E-state index contributed by atoms with van der Waals surface area (Å²) >= 11 is 5.08. The van der Waals surface area contributed by atoms with Crippen LogP contribution in [0.2, 0.25) is 0 Å². The second-order valence-electron chi connectivity index (χ2n) is 6.51. The molecule has 3 heteroatoms. The minimum atomic E-state index is 0.259. The quantitative estimate of drug-likeness (QED) is 0.851. The van der Waals surface area contributed by atoms with E-state index in [1.807, 2.05) is 24.3 Å². The van der Waals surface area contributed by atoms with Gasteiger partial charge >= 0.3 is 0 Å². The molecule has 1 aromatic rings. The SMILES string of the molecule is CC1CC(Oc2ccccc2C(N)=S)CC(C)(C)C1. The Bertz CT molecular complexity index is 470. The van der Waals surface area contributed by atoms with Crippen molar-refractivity contribution in [3.05, 3.63) is 29.8 Å². The van der Waals surface area contributed by atoms with Gasteiger partial charge in [0.05, 0.1) is 11.7 Å². The Hall–Kier alpha value is -1.09. The Morgan fingerprint density at radius 3 is 2.63 bits per heavy atom. The van der Waals surface area contributed by atoms with Gasteiger partial charge in [-0.2, -0.15) is 0 Å². The van der Waals surface area contributed by atoms with Gasteiger partial charge in [0, 0.05) is 0 Å². The maximum Gasteiger partial charge on any atom is 0.129 e. The van der Waals surface area contributed by atoms with E-state index in [2.05, 4.69) is 20.8 Å². The van der Waals surface area contributed by atoms with Gasteiger partial charge in [0.25, 0.3) is 0 Å². The van der Waals surface area contributed by atoms with Crippen LogP contribution in [0.3, 0.4) is 0 Å². The van der Waals surface area contributed by atoms with Gasteiger partial charge in [-0.15, -0.1) is 0 Å². The maximum atomic E-state index is 6.19. The molecular weight excluding hydrogens is 254 g/mol. The van der Waals surface area contributed by atoms with E-state index in [-0.39, 0.29) is 6.10 Å². The molecule has 1 aliphatic rings. The number of thiocarbonyl (C=S) groups is 1. The van der Waals surface area contributed by atoms with Crippen molar-refractivity contribution in [1.82, 2.24) is 0 Å². The van der Waals surface area contributed by atoms with Crippen LogP contribution >= 0.6 is 12.2 Å². The number of ether oxygens (including phenoxy) is 1. The van der Waals surface area contributed by atoms with Gasteiger partial charge in [-0.1, -0.05) is 45.1 Å². The first-order valence-electron chi connectivity index (χ1n) is 6.93. The zero-order chi connectivity index (χ0) is 14.0. The third kappa shape index (κ3) is 3.69. The van der Waals surface area contributed by atoms with Gasteiger partial charge < -0.3 is 10.5 Å². The van der Waals surface area contributed by atoms with E-state index in [1.165, 1.54) is 6.42 Å². The minimum Gasteiger partial charge on any atom is -0.490 e. The van der Waals surface area contributed by atoms with Gasteiger partial charge in [-0.3, -0.25) is 0 Å². The predicted octanol–water partition coefficient (Wildman–Crippen LogP) is 3.91. The van der Waals surface area contributed by atoms with Crippen LogP contribution < -0.4 is 10.5 Å². The molecule has 0 aliphatic heterocycles. The zero-order valence-corrected chi connectivity index (χ0v) is 12.8. The van der Waals surface area contributed by atoms with Crippen molar-refractivity contribution in [1.29, 1.82) is 0 Å². The monoisotopic (exact) mass is 277 g/mol. The van der Waals surface area contributed by atoms with E-state index in [1.54, 1.807) is 0 Å². The standard InChI is InChI=1S/C16H23NOS/c1-11-8-12(10-16(2,3)9-11)18-14-7-5-4-6-13(14)15(17)19/h4-7,11-12H,8-10H2,1-3H3,(H2,17,19). The Morgan fingerprint density at radius 2 is 2.00 bits per heavy atom. The normalized spacial score (nSPS) is 25.8. The Labute approximate surface area is 121 Å². The summed E-state index contributed by atoms with van der Waals surface area (Å²) < 4.78 is 6.19. The Balaban J connectivity index is 2.15. The van der Waals surface area contributed by atoms with Crippen LogP contribution in [0, 0.1) is 11.3 Å². The number of hydrogen-bond donors (Lipinski definition) is 1. The maximum absolute atomic E-state index is 6.19. The lowest BCUT2D eigenvalue weighted by Gasteiger charge is -2.39. The summed E-state index contributed by atoms with van der Waals surface area (Å²) in [6, 6.07) is 7.79. The summed E-state index contributed by atoms with van der Waals surface area (Å²) in [5, 5.41) is 0. The molecule has 0 amide bonds. The average Bonchev–Trinajstić information content (AvgIpc) is 2.26. The van der Waals surface area contributed by atoms with Gasteiger partial charge in [-0.05, 0) is 42.7 Å². The second-order valence-corrected chi connectivity index (χ2v) is 6.95. The largest absolute Gasteiger partial charge is 0.490 e. The second kappa shape index (κ2) is 5.49. The number of rotatable bonds is 3. The molecule has 1 aliphatic carbocycles. The highest BCUT2D eigenvalue weighted by molar-refractivity contribution is 7.80. The molecule has 0 radical (unpaired) electrons. The van der Waals surface area contributed by atoms with Gasteiger partial charge in [0.15, 0.2) is 0 Å². The van der Waals surface area contributed by atoms with Crippen molar-refractivity contribution in [2.75, 3.05) is 0 Å². The van der Waals surface area contributed by atoms with Crippen LogP contribution in [0.5, 0.6) is 5.75 Å². The van der Waals surface area contributed by atoms with Crippen LogP contribution in [-0.4, -0.2) is 11.1 Å². The molecule has 0 aromatic heterocycles. The first-order valence-corrected chi connectivity index (χ1v) is 7.34. The molecule has 0 heterocycles. The lowest BCUT2D eigenvalue weighted by Crippen LogP contribution is -2.34. The van der Waals surface area contributed by atoms with E-state index in [0.29, 0.717) is 16.3 Å². The molecule has 0 spiro atoms. The molecule has 2 atom stereocenters. The van der Waals surface area contributed by atoms with Gasteiger partial charge in [-0.25, -0.2) is 0 Å². The third-order valence-corrected chi connectivity index (χ3v) is 4.01. The molecule has 2 nitrogen and oxygen atoms in total. The molecule has 2 rings (SSSR count). The number of benzene rings is 1. The molecule has 0 saturated heterocycles. The molecule has 1 saturated carbocycles. The molecule has 19 heavy (non-hydrogen) atoms. The predicted molar refractivity (Wildman–Crippen MR) is 83.5 cm³/mol. The fourth-order valence-corrected chi connectivity index (χ4v) is 3.47. The Kier molecular flexibility index (Phi) is 4.14. The topological polar surface area (TPSA) is 35.2 Å². The van der Waals surface area contributed by atoms with Crippen LogP contribution in [0.4, 0.5) is 0 Å². The van der Waals surface area contributed by atoms with Crippen molar-refractivity contribution in [2.24, 2.45) is 17.1 Å². The molecular formula is C16H23NOS. The van der Waals surface area contributed by atoms with Gasteiger partial charge in [0.1, 0.15) is 10.7 Å². The summed E-state index contributed by atoms with van der Waals surface area (Å²) in [6.45, 7) is 6.94. The van der Waals surface area contributed by atoms with E-state index < -0.39 is 0 Å². The fourth-order valence-electron chi connectivity index (χ4n) is 3.30. The summed E-state index contributed by atoms with van der Waals surface area (Å²) in [7, 11) is 0. The fraction of sp³-hybridized carbons (Fsp3) is 0.562. The summed E-state index contributed by atoms with van der Waals surface area (Å²) in [6.07, 6.45) is 3.72. The van der Waals surface area contributed by atoms with Crippen molar-refractivity contribution < 1.29 is 4.74 Å². The number of hydrogen-bond acceptors (Lipinski definition) is 2. The average molecular weight is 277 g/mol. The summed E-state index contributed by atoms with van der Waals surface area (Å²) in [5.41, 5.74) is 6.94. The molecule has 1 aromatic carbocycles. The first kappa shape index (κ1) is 14.3. The number of para-hydroxylation sites is 1. The van der Waals surface area contributed by atoms with E-state index in [4.69, 9.17) is 22.7 Å². The smallest absolute Gasteiger partial charge is 0.129 e. The van der Waals surface area contributed by atoms with Crippen molar-refractivity contribution in [3.63, 3.8) is 0 Å². The van der Waals surface area contributed by atoms with Crippen LogP contribution in [0.1, 0.15) is 45.6 Å². The third-order valence-electron chi connectivity index (χ3n) is 3.79. The van der Waals surface area contributed by atoms with Crippen LogP contribution in [-0.2, 0) is 0 Å². The number of nitrogens with two attached hydrogens (primary N) is 1. The molecule has 0 bridgehead atoms. The summed E-state index contributed by atoms with van der Waals surface area (Å²) in [4.78, 5) is 0.402. The van der Waals surface area contributed by atoms with Crippen LogP contribution in [0.25, 0.3) is 0 Å². The van der Waals surface area contributed by atoms with Gasteiger partial charge in [0.2, 0.25) is 0 Å². The van der Waals surface area contributed by atoms with Crippen molar-refractivity contribution in [3.8, 4) is 5.75 Å². The lowest BCUT2D eigenvalue weighted by atomic mass is 9.71. The van der Waals surface area contributed by atoms with Crippen molar-refractivity contribution in [2.45, 2.75) is 46.1 Å². The molecule has 2 N–H and O–H groups in total. The van der Waals surface area contributed by atoms with E-state index in [0.717, 1.165) is 24.2 Å². The zero-order valence-electron chi connectivity index (χ0n) is 12.0. The molecule has 104 valence electrons. The van der Waals surface area contributed by atoms with Crippen molar-refractivity contribution >= 4 is 17.2 Å². The van der Waals surface area contributed by atoms with E-state index in [9.17, 15) is 0 Å². The molecule has 2 unspecified atom stereocenters. The first-order chi connectivity index (χ1) is 8.87. The summed E-state index contributed by atoms with van der Waals surface area (Å²) in [5.74, 6) is 1.52. The Morgan fingerprint density at radius 1 is 1.32 bits per heavy atom. The lowest BCUT2D eigenvalue weighted by molar-refractivity contribution is 0.0561. The van der Waals surface area contributed by atoms with Crippen LogP contribution in [0.15, 0.2) is 24.3 Å². The highest BCUT2D eigenvalue weighted by Crippen LogP contribution is 2.40. The minimum absolute atomic E-state index is 0.259. The highest BCUT2D eigenvalue weighted by atomic mass is 32.1. The highest BCUT2D eigenvalue weighted by Gasteiger charge is 2.33. The van der Waals surface area contributed by atoms with E-state index >= 15 is 0 Å². The molecule has 1 fully saturated rings.